The number of nitrogens with zero attached hydrogens (tertiary/aromatic N) is 1. The van der Waals surface area contributed by atoms with E-state index in [1.54, 1.807) is 54.6 Å². The van der Waals surface area contributed by atoms with Crippen LogP contribution in [0.1, 0.15) is 31.1 Å². The molecule has 0 aromatic heterocycles. The molecule has 3 aromatic carbocycles. The summed E-state index contributed by atoms with van der Waals surface area (Å²) in [6, 6.07) is 23.9. The molecule has 3 rings (SSSR count). The van der Waals surface area contributed by atoms with E-state index in [9.17, 15) is 14.4 Å². The Labute approximate surface area is 160 Å². The molecular formula is C21H15NO6. The second-order valence-electron chi connectivity index (χ2n) is 5.46. The molecule has 0 saturated carbocycles. The number of carbonyl (C=O) groups is 3. The van der Waals surface area contributed by atoms with Gasteiger partial charge in [0.15, 0.2) is 0 Å². The molecule has 0 bridgehead atoms. The third kappa shape index (κ3) is 5.03. The summed E-state index contributed by atoms with van der Waals surface area (Å²) in [4.78, 5) is 51.5. The van der Waals surface area contributed by atoms with Crippen LogP contribution in [0.4, 0.5) is 0 Å². The van der Waals surface area contributed by atoms with Crippen LogP contribution in [0, 0.1) is 0 Å². The van der Waals surface area contributed by atoms with Crippen LogP contribution in [0.5, 0.6) is 0 Å². The zero-order chi connectivity index (χ0) is 19.8. The summed E-state index contributed by atoms with van der Waals surface area (Å²) < 4.78 is 0. The molecule has 7 heteroatoms. The predicted octanol–water partition coefficient (Wildman–Crippen LogP) is 3.60. The van der Waals surface area contributed by atoms with Crippen LogP contribution in [-0.2, 0) is 14.5 Å². The van der Waals surface area contributed by atoms with Gasteiger partial charge >= 0.3 is 17.9 Å². The van der Waals surface area contributed by atoms with Gasteiger partial charge in [-0.3, -0.25) is 14.5 Å². The Hall–Kier alpha value is -3.97. The Kier molecular flexibility index (Phi) is 6.12. The number of benzene rings is 3. The standard InChI is InChI=1S/C21H15NO6/c23-19(16-10-4-1-5-11-16)26-22(27-20(24)17-12-6-2-7-13-17)28-21(25)18-14-8-3-9-15-18/h1-15H. The maximum Gasteiger partial charge on any atom is 0.364 e. The summed E-state index contributed by atoms with van der Waals surface area (Å²) in [5.74, 6) is -2.62. The van der Waals surface area contributed by atoms with Crippen molar-refractivity contribution in [3.8, 4) is 0 Å². The van der Waals surface area contributed by atoms with Crippen molar-refractivity contribution in [2.75, 3.05) is 0 Å². The fourth-order valence-electron chi connectivity index (χ4n) is 2.14. The highest BCUT2D eigenvalue weighted by molar-refractivity contribution is 5.91. The molecule has 0 atom stereocenters. The molecule has 7 nitrogen and oxygen atoms in total. The monoisotopic (exact) mass is 377 g/mol. The number of carbonyl (C=O) groups excluding carboxylic acids is 3. The van der Waals surface area contributed by atoms with Crippen LogP contribution >= 0.6 is 0 Å². The first-order chi connectivity index (χ1) is 13.6. The van der Waals surface area contributed by atoms with Gasteiger partial charge in [0.1, 0.15) is 0 Å². The number of hydrogen-bond donors (Lipinski definition) is 0. The van der Waals surface area contributed by atoms with Gasteiger partial charge in [0.05, 0.1) is 16.7 Å². The third-order valence-electron chi connectivity index (χ3n) is 3.50. The normalized spacial score (nSPS) is 10.2. The van der Waals surface area contributed by atoms with Gasteiger partial charge in [0.2, 0.25) is 5.39 Å². The van der Waals surface area contributed by atoms with Gasteiger partial charge in [0.25, 0.3) is 0 Å². The molecule has 3 aromatic rings. The highest BCUT2D eigenvalue weighted by Gasteiger charge is 2.25. The summed E-state index contributed by atoms with van der Waals surface area (Å²) in [6.07, 6.45) is 0. The van der Waals surface area contributed by atoms with Gasteiger partial charge in [-0.15, -0.1) is 0 Å². The van der Waals surface area contributed by atoms with Crippen molar-refractivity contribution in [3.05, 3.63) is 108 Å². The Morgan fingerprint density at radius 3 is 0.964 bits per heavy atom. The summed E-state index contributed by atoms with van der Waals surface area (Å²) in [6.45, 7) is 0. The highest BCUT2D eigenvalue weighted by Crippen LogP contribution is 2.11. The van der Waals surface area contributed by atoms with E-state index in [4.69, 9.17) is 14.5 Å². The first kappa shape index (κ1) is 18.8. The lowest BCUT2D eigenvalue weighted by Crippen LogP contribution is -2.33. The van der Waals surface area contributed by atoms with E-state index >= 15 is 0 Å². The molecule has 0 aliphatic heterocycles. The van der Waals surface area contributed by atoms with Gasteiger partial charge in [-0.1, -0.05) is 54.6 Å². The van der Waals surface area contributed by atoms with Crippen LogP contribution < -0.4 is 0 Å². The van der Waals surface area contributed by atoms with E-state index in [0.717, 1.165) is 0 Å². The van der Waals surface area contributed by atoms with Crippen molar-refractivity contribution in [3.63, 3.8) is 0 Å². The SMILES string of the molecule is O=C(ON(OC(=O)c1ccccc1)OC(=O)c1ccccc1)c1ccccc1. The van der Waals surface area contributed by atoms with E-state index < -0.39 is 17.9 Å². The quantitative estimate of drug-likeness (QED) is 0.607. The molecule has 0 fully saturated rings. The molecule has 0 amide bonds. The van der Waals surface area contributed by atoms with Crippen LogP contribution in [0.15, 0.2) is 91.0 Å². The maximum atomic E-state index is 12.2. The number of hydrogen-bond acceptors (Lipinski definition) is 7. The molecule has 0 aliphatic rings. The molecule has 0 spiro atoms. The molecule has 0 saturated heterocycles. The molecule has 0 heterocycles. The van der Waals surface area contributed by atoms with Crippen LogP contribution in [0.25, 0.3) is 0 Å². The Bertz CT molecular complexity index is 817. The van der Waals surface area contributed by atoms with Crippen LogP contribution in [0.3, 0.4) is 0 Å². The smallest absolute Gasteiger partial charge is 0.295 e. The van der Waals surface area contributed by atoms with Gasteiger partial charge in [-0.25, -0.2) is 14.4 Å². The van der Waals surface area contributed by atoms with Crippen molar-refractivity contribution in [2.45, 2.75) is 0 Å². The lowest BCUT2D eigenvalue weighted by atomic mass is 10.2. The molecule has 0 aliphatic carbocycles. The molecule has 0 radical (unpaired) electrons. The lowest BCUT2D eigenvalue weighted by molar-refractivity contribution is -0.449. The predicted molar refractivity (Wildman–Crippen MR) is 97.4 cm³/mol. The van der Waals surface area contributed by atoms with Gasteiger partial charge in [-0.05, 0) is 36.4 Å². The van der Waals surface area contributed by atoms with E-state index in [0.29, 0.717) is 0 Å². The van der Waals surface area contributed by atoms with E-state index in [1.165, 1.54) is 36.4 Å². The van der Waals surface area contributed by atoms with Crippen molar-refractivity contribution in [2.24, 2.45) is 0 Å². The largest absolute Gasteiger partial charge is 0.364 e. The minimum atomic E-state index is -0.873. The lowest BCUT2D eigenvalue weighted by Gasteiger charge is -2.17. The first-order valence-corrected chi connectivity index (χ1v) is 8.25. The second-order valence-corrected chi connectivity index (χ2v) is 5.46. The Morgan fingerprint density at radius 2 is 0.714 bits per heavy atom. The minimum Gasteiger partial charge on any atom is -0.295 e. The van der Waals surface area contributed by atoms with E-state index in [1.807, 2.05) is 0 Å². The fraction of sp³-hybridized carbons (Fsp3) is 0. The zero-order valence-corrected chi connectivity index (χ0v) is 14.6. The average Bonchev–Trinajstić information content (AvgIpc) is 2.75. The summed E-state index contributed by atoms with van der Waals surface area (Å²) >= 11 is 0. The summed E-state index contributed by atoms with van der Waals surface area (Å²) in [5.41, 5.74) is 0.539. The average molecular weight is 377 g/mol. The Morgan fingerprint density at radius 1 is 0.464 bits per heavy atom. The Balaban J connectivity index is 1.76. The molecule has 28 heavy (non-hydrogen) atoms. The van der Waals surface area contributed by atoms with Gasteiger partial charge < -0.3 is 0 Å². The topological polar surface area (TPSA) is 82.1 Å². The van der Waals surface area contributed by atoms with Gasteiger partial charge in [0, 0.05) is 0 Å². The molecular weight excluding hydrogens is 362 g/mol. The maximum absolute atomic E-state index is 12.2. The summed E-state index contributed by atoms with van der Waals surface area (Å²) in [7, 11) is 0. The van der Waals surface area contributed by atoms with Crippen molar-refractivity contribution < 1.29 is 28.9 Å². The minimum absolute atomic E-state index is 0.111. The zero-order valence-electron chi connectivity index (χ0n) is 14.6. The summed E-state index contributed by atoms with van der Waals surface area (Å²) in [5, 5.41) is 0.111. The van der Waals surface area contributed by atoms with E-state index in [2.05, 4.69) is 0 Å². The molecule has 0 N–H and O–H groups in total. The first-order valence-electron chi connectivity index (χ1n) is 8.25. The van der Waals surface area contributed by atoms with Crippen molar-refractivity contribution in [1.82, 2.24) is 5.39 Å². The molecule has 0 unspecified atom stereocenters. The highest BCUT2D eigenvalue weighted by atomic mass is 17.2. The second kappa shape index (κ2) is 9.11. The van der Waals surface area contributed by atoms with Crippen LogP contribution in [0.2, 0.25) is 0 Å². The van der Waals surface area contributed by atoms with Crippen LogP contribution in [-0.4, -0.2) is 23.3 Å². The molecule has 140 valence electrons. The van der Waals surface area contributed by atoms with Gasteiger partial charge in [-0.2, -0.15) is 0 Å². The number of rotatable bonds is 6. The van der Waals surface area contributed by atoms with Crippen molar-refractivity contribution in [1.29, 1.82) is 0 Å². The third-order valence-corrected chi connectivity index (χ3v) is 3.50. The van der Waals surface area contributed by atoms with E-state index in [-0.39, 0.29) is 22.1 Å². The van der Waals surface area contributed by atoms with Crippen molar-refractivity contribution >= 4 is 17.9 Å². The fourth-order valence-corrected chi connectivity index (χ4v) is 2.14.